The van der Waals surface area contributed by atoms with Crippen LogP contribution in [-0.2, 0) is 4.79 Å². The van der Waals surface area contributed by atoms with E-state index in [1.165, 1.54) is 0 Å². The van der Waals surface area contributed by atoms with Gasteiger partial charge in [0.2, 0.25) is 6.41 Å². The normalized spacial score (nSPS) is 9.09. The highest BCUT2D eigenvalue weighted by Gasteiger charge is 1.92. The van der Waals surface area contributed by atoms with Gasteiger partial charge in [-0.15, -0.1) is 0 Å². The Morgan fingerprint density at radius 3 is 2.64 bits per heavy atom. The van der Waals surface area contributed by atoms with Crippen molar-refractivity contribution in [3.63, 3.8) is 0 Å². The summed E-state index contributed by atoms with van der Waals surface area (Å²) < 4.78 is 0. The van der Waals surface area contributed by atoms with Gasteiger partial charge >= 0.3 is 5.69 Å². The van der Waals surface area contributed by atoms with E-state index in [0.717, 1.165) is 6.07 Å². The summed E-state index contributed by atoms with van der Waals surface area (Å²) in [6.45, 7) is 0. The molecule has 58 valence electrons. The first-order valence-corrected chi connectivity index (χ1v) is 2.76. The Morgan fingerprint density at radius 1 is 1.36 bits per heavy atom. The van der Waals surface area contributed by atoms with Crippen molar-refractivity contribution in [1.82, 2.24) is 9.97 Å². The second-order valence-electron chi connectivity index (χ2n) is 1.76. The van der Waals surface area contributed by atoms with Crippen LogP contribution in [0.5, 0.6) is 0 Å². The average Bonchev–Trinajstić information content (AvgIpc) is 1.85. The highest BCUT2D eigenvalue weighted by atomic mass is 16.2. The first-order valence-electron chi connectivity index (χ1n) is 2.76. The van der Waals surface area contributed by atoms with Crippen molar-refractivity contribution in [1.29, 1.82) is 0 Å². The number of carbonyl (C=O) groups excluding carboxylic acids is 1. The highest BCUT2D eigenvalue weighted by molar-refractivity contribution is 5.68. The van der Waals surface area contributed by atoms with Crippen molar-refractivity contribution in [3.05, 3.63) is 26.9 Å². The Hall–Kier alpha value is -1.85. The number of anilines is 1. The van der Waals surface area contributed by atoms with Gasteiger partial charge in [-0.2, -0.15) is 0 Å². The van der Waals surface area contributed by atoms with E-state index in [1.807, 2.05) is 4.98 Å². The minimum atomic E-state index is -0.651. The predicted octanol–water partition coefficient (Wildman–Crippen LogP) is -1.37. The van der Waals surface area contributed by atoms with Gasteiger partial charge in [0, 0.05) is 6.07 Å². The zero-order chi connectivity index (χ0) is 8.27. The Balaban J connectivity index is 3.18. The standard InChI is InChI=1S/C5H5N3O3/c9-2-6-3-1-4(10)8-5(11)7-3/h1-2H,(H3,6,7,8,9,10,11). The second kappa shape index (κ2) is 2.82. The van der Waals surface area contributed by atoms with Crippen LogP contribution in [0, 0.1) is 0 Å². The maximum absolute atomic E-state index is 10.6. The van der Waals surface area contributed by atoms with Gasteiger partial charge in [0.25, 0.3) is 5.56 Å². The number of aromatic amines is 2. The molecule has 0 atom stereocenters. The van der Waals surface area contributed by atoms with Crippen LogP contribution in [-0.4, -0.2) is 16.4 Å². The van der Waals surface area contributed by atoms with Gasteiger partial charge in [0.1, 0.15) is 5.82 Å². The molecular weight excluding hydrogens is 150 g/mol. The summed E-state index contributed by atoms with van der Waals surface area (Å²) in [4.78, 5) is 35.1. The lowest BCUT2D eigenvalue weighted by molar-refractivity contribution is -0.105. The Kier molecular flexibility index (Phi) is 1.86. The molecule has 0 aromatic carbocycles. The maximum atomic E-state index is 10.6. The Labute approximate surface area is 60.3 Å². The van der Waals surface area contributed by atoms with E-state index in [-0.39, 0.29) is 5.82 Å². The van der Waals surface area contributed by atoms with Crippen LogP contribution in [0.15, 0.2) is 15.7 Å². The molecule has 0 aliphatic heterocycles. The van der Waals surface area contributed by atoms with Gasteiger partial charge < -0.3 is 5.32 Å². The minimum Gasteiger partial charge on any atom is -0.315 e. The topological polar surface area (TPSA) is 94.8 Å². The molecule has 3 N–H and O–H groups in total. The molecule has 1 aromatic heterocycles. The molecule has 0 aliphatic rings. The van der Waals surface area contributed by atoms with Crippen LogP contribution >= 0.6 is 0 Å². The third kappa shape index (κ3) is 1.78. The van der Waals surface area contributed by atoms with E-state index < -0.39 is 11.2 Å². The molecule has 6 heteroatoms. The number of carbonyl (C=O) groups is 1. The predicted molar refractivity (Wildman–Crippen MR) is 37.4 cm³/mol. The average molecular weight is 155 g/mol. The first-order chi connectivity index (χ1) is 5.22. The monoisotopic (exact) mass is 155 g/mol. The number of H-pyrrole nitrogens is 2. The minimum absolute atomic E-state index is 0.0775. The summed E-state index contributed by atoms with van der Waals surface area (Å²) in [7, 11) is 0. The van der Waals surface area contributed by atoms with Crippen molar-refractivity contribution in [2.24, 2.45) is 0 Å². The van der Waals surface area contributed by atoms with Gasteiger partial charge in [-0.25, -0.2) is 4.79 Å². The number of nitrogens with one attached hydrogen (secondary N) is 3. The molecule has 0 saturated heterocycles. The Bertz CT molecular complexity index is 335. The van der Waals surface area contributed by atoms with Crippen LogP contribution in [0.4, 0.5) is 5.82 Å². The van der Waals surface area contributed by atoms with Gasteiger partial charge in [0.15, 0.2) is 0 Å². The lowest BCUT2D eigenvalue weighted by Crippen LogP contribution is -2.22. The molecule has 0 spiro atoms. The zero-order valence-corrected chi connectivity index (χ0v) is 5.38. The smallest absolute Gasteiger partial charge is 0.315 e. The van der Waals surface area contributed by atoms with Crippen LogP contribution in [0.25, 0.3) is 0 Å². The summed E-state index contributed by atoms with van der Waals surface area (Å²) in [5, 5.41) is 2.13. The molecule has 11 heavy (non-hydrogen) atoms. The van der Waals surface area contributed by atoms with E-state index >= 15 is 0 Å². The fraction of sp³-hybridized carbons (Fsp3) is 0. The SMILES string of the molecule is O=CNc1cc(=O)[nH]c(=O)[nH]1. The van der Waals surface area contributed by atoms with Gasteiger partial charge in [-0.1, -0.05) is 0 Å². The quantitative estimate of drug-likeness (QED) is 0.460. The summed E-state index contributed by atoms with van der Waals surface area (Å²) in [6, 6.07) is 1.07. The molecule has 0 bridgehead atoms. The molecule has 0 unspecified atom stereocenters. The maximum Gasteiger partial charge on any atom is 0.327 e. The van der Waals surface area contributed by atoms with Crippen LogP contribution in [0.2, 0.25) is 0 Å². The van der Waals surface area contributed by atoms with Crippen LogP contribution in [0.3, 0.4) is 0 Å². The third-order valence-corrected chi connectivity index (χ3v) is 0.975. The van der Waals surface area contributed by atoms with Crippen molar-refractivity contribution in [3.8, 4) is 0 Å². The number of hydrogen-bond donors (Lipinski definition) is 3. The van der Waals surface area contributed by atoms with Crippen molar-refractivity contribution < 1.29 is 4.79 Å². The molecule has 1 amide bonds. The molecule has 1 heterocycles. The lowest BCUT2D eigenvalue weighted by atomic mass is 10.6. The first kappa shape index (κ1) is 7.26. The largest absolute Gasteiger partial charge is 0.327 e. The fourth-order valence-electron chi connectivity index (χ4n) is 0.610. The molecule has 0 radical (unpaired) electrons. The van der Waals surface area contributed by atoms with Gasteiger partial charge in [-0.3, -0.25) is 19.6 Å². The van der Waals surface area contributed by atoms with E-state index in [4.69, 9.17) is 0 Å². The number of hydrogen-bond acceptors (Lipinski definition) is 3. The van der Waals surface area contributed by atoms with Crippen molar-refractivity contribution in [2.75, 3.05) is 5.32 Å². The van der Waals surface area contributed by atoms with Gasteiger partial charge in [-0.05, 0) is 0 Å². The fourth-order valence-corrected chi connectivity index (χ4v) is 0.610. The second-order valence-corrected chi connectivity index (χ2v) is 1.76. The van der Waals surface area contributed by atoms with Crippen molar-refractivity contribution >= 4 is 12.2 Å². The molecule has 0 saturated carbocycles. The summed E-state index contributed by atoms with van der Waals surface area (Å²) in [5.74, 6) is 0.0775. The summed E-state index contributed by atoms with van der Waals surface area (Å²) >= 11 is 0. The summed E-state index contributed by atoms with van der Waals surface area (Å²) in [6.07, 6.45) is 0.366. The number of amides is 1. The molecule has 6 nitrogen and oxygen atoms in total. The summed E-state index contributed by atoms with van der Waals surface area (Å²) in [5.41, 5.74) is -1.21. The Morgan fingerprint density at radius 2 is 2.09 bits per heavy atom. The number of rotatable bonds is 2. The van der Waals surface area contributed by atoms with Gasteiger partial charge in [0.05, 0.1) is 0 Å². The van der Waals surface area contributed by atoms with Crippen LogP contribution < -0.4 is 16.6 Å². The van der Waals surface area contributed by atoms with E-state index in [0.29, 0.717) is 6.41 Å². The van der Waals surface area contributed by atoms with E-state index in [2.05, 4.69) is 10.3 Å². The molecule has 1 aromatic rings. The molecule has 0 fully saturated rings. The lowest BCUT2D eigenvalue weighted by Gasteiger charge is -1.93. The zero-order valence-electron chi connectivity index (χ0n) is 5.38. The van der Waals surface area contributed by atoms with Crippen LogP contribution in [0.1, 0.15) is 0 Å². The van der Waals surface area contributed by atoms with E-state index in [1.54, 1.807) is 0 Å². The third-order valence-electron chi connectivity index (χ3n) is 0.975. The molecular formula is C5H5N3O3. The van der Waals surface area contributed by atoms with E-state index in [9.17, 15) is 14.4 Å². The highest BCUT2D eigenvalue weighted by Crippen LogP contribution is 1.87. The molecule has 1 rings (SSSR count). The number of aromatic nitrogens is 2. The van der Waals surface area contributed by atoms with Crippen molar-refractivity contribution in [2.45, 2.75) is 0 Å². The molecule has 0 aliphatic carbocycles.